The van der Waals surface area contributed by atoms with E-state index in [2.05, 4.69) is 33.9 Å². The second-order valence-electron chi connectivity index (χ2n) is 8.06. The summed E-state index contributed by atoms with van der Waals surface area (Å²) in [5.74, 6) is 1.44. The number of para-hydroxylation sites is 1. The van der Waals surface area contributed by atoms with E-state index in [1.807, 2.05) is 25.1 Å². The summed E-state index contributed by atoms with van der Waals surface area (Å²) < 4.78 is 8.06. The van der Waals surface area contributed by atoms with E-state index in [-0.39, 0.29) is 23.8 Å². The fraction of sp³-hybridized carbons (Fsp3) is 0.609. The number of rotatable bonds is 10. The van der Waals surface area contributed by atoms with Gasteiger partial charge in [0.05, 0.1) is 10.3 Å². The van der Waals surface area contributed by atoms with Crippen molar-refractivity contribution < 1.29 is 9.53 Å². The number of benzene rings is 1. The van der Waals surface area contributed by atoms with Crippen LogP contribution in [0.1, 0.15) is 77.6 Å². The Bertz CT molecular complexity index is 850. The molecular formula is C23H33ClN4O2S. The summed E-state index contributed by atoms with van der Waals surface area (Å²) in [5, 5.41) is 13.1. The molecule has 0 aliphatic heterocycles. The van der Waals surface area contributed by atoms with Gasteiger partial charge in [-0.25, -0.2) is 0 Å². The first-order valence-corrected chi connectivity index (χ1v) is 12.6. The predicted octanol–water partition coefficient (Wildman–Crippen LogP) is 5.80. The Kier molecular flexibility index (Phi) is 9.08. The van der Waals surface area contributed by atoms with Gasteiger partial charge in [-0.3, -0.25) is 4.79 Å². The number of hydrogen-bond donors (Lipinski definition) is 1. The van der Waals surface area contributed by atoms with Crippen LogP contribution in [-0.4, -0.2) is 32.0 Å². The van der Waals surface area contributed by atoms with Crippen LogP contribution in [0.25, 0.3) is 0 Å². The molecule has 1 unspecified atom stereocenters. The molecule has 1 N–H and O–H groups in total. The van der Waals surface area contributed by atoms with Crippen molar-refractivity contribution in [3.05, 3.63) is 35.1 Å². The van der Waals surface area contributed by atoms with Gasteiger partial charge in [-0.2, -0.15) is 0 Å². The molecule has 1 heterocycles. The van der Waals surface area contributed by atoms with Crippen molar-refractivity contribution >= 4 is 29.3 Å². The average Bonchev–Trinajstić information content (AvgIpc) is 3.17. The number of hydrogen-bond acceptors (Lipinski definition) is 5. The molecule has 0 spiro atoms. The minimum atomic E-state index is -0.239. The van der Waals surface area contributed by atoms with Gasteiger partial charge in [0.25, 0.3) is 0 Å². The van der Waals surface area contributed by atoms with Gasteiger partial charge in [0, 0.05) is 12.1 Å². The van der Waals surface area contributed by atoms with Crippen LogP contribution in [0.4, 0.5) is 0 Å². The fourth-order valence-electron chi connectivity index (χ4n) is 3.99. The van der Waals surface area contributed by atoms with Crippen LogP contribution in [0.15, 0.2) is 29.4 Å². The van der Waals surface area contributed by atoms with E-state index in [0.717, 1.165) is 36.7 Å². The molecule has 1 amide bonds. The molecule has 3 rings (SSSR count). The van der Waals surface area contributed by atoms with Crippen molar-refractivity contribution in [2.45, 2.75) is 94.8 Å². The number of halogens is 1. The number of aromatic nitrogens is 3. The Balaban J connectivity index is 1.71. The van der Waals surface area contributed by atoms with Crippen LogP contribution in [-0.2, 0) is 11.4 Å². The number of carbonyl (C=O) groups is 1. The van der Waals surface area contributed by atoms with E-state index < -0.39 is 0 Å². The van der Waals surface area contributed by atoms with Gasteiger partial charge in [-0.1, -0.05) is 68.6 Å². The molecule has 2 aromatic rings. The van der Waals surface area contributed by atoms with Gasteiger partial charge >= 0.3 is 0 Å². The normalized spacial score (nSPS) is 15.8. The lowest BCUT2D eigenvalue weighted by atomic mass is 9.95. The maximum absolute atomic E-state index is 12.8. The SMILES string of the molecule is CCC(CC)n1c(COc2ccccc2Cl)nnc1SC(C)C(=O)NC1CCCCC1. The standard InChI is InChI=1S/C23H33ClN4O2S/c1-4-18(5-2)28-21(15-30-20-14-10-9-13-19(20)24)26-27-23(28)31-16(3)22(29)25-17-11-7-6-8-12-17/h9-10,13-14,16-18H,4-8,11-12,15H2,1-3H3,(H,25,29). The highest BCUT2D eigenvalue weighted by Gasteiger charge is 2.25. The van der Waals surface area contributed by atoms with Crippen molar-refractivity contribution in [2.75, 3.05) is 0 Å². The van der Waals surface area contributed by atoms with Gasteiger partial charge in [0.1, 0.15) is 12.4 Å². The zero-order valence-corrected chi connectivity index (χ0v) is 20.2. The number of nitrogens with one attached hydrogen (secondary N) is 1. The molecule has 1 aliphatic carbocycles. The molecule has 1 atom stereocenters. The molecule has 1 saturated carbocycles. The van der Waals surface area contributed by atoms with Crippen molar-refractivity contribution in [3.63, 3.8) is 0 Å². The molecule has 1 aliphatic rings. The van der Waals surface area contributed by atoms with Crippen LogP contribution in [0, 0.1) is 0 Å². The lowest BCUT2D eigenvalue weighted by Crippen LogP contribution is -2.40. The molecule has 1 aromatic heterocycles. The fourth-order valence-corrected chi connectivity index (χ4v) is 5.13. The van der Waals surface area contributed by atoms with Gasteiger partial charge in [0.15, 0.2) is 11.0 Å². The molecule has 6 nitrogen and oxygen atoms in total. The van der Waals surface area contributed by atoms with Gasteiger partial charge < -0.3 is 14.6 Å². The molecule has 8 heteroatoms. The van der Waals surface area contributed by atoms with Crippen LogP contribution in [0.3, 0.4) is 0 Å². The zero-order chi connectivity index (χ0) is 22.2. The summed E-state index contributed by atoms with van der Waals surface area (Å²) >= 11 is 7.69. The first-order chi connectivity index (χ1) is 15.0. The lowest BCUT2D eigenvalue weighted by molar-refractivity contribution is -0.121. The largest absolute Gasteiger partial charge is 0.484 e. The van der Waals surface area contributed by atoms with E-state index in [4.69, 9.17) is 16.3 Å². The third-order valence-electron chi connectivity index (χ3n) is 5.84. The average molecular weight is 465 g/mol. The summed E-state index contributed by atoms with van der Waals surface area (Å²) in [6, 6.07) is 7.96. The molecule has 170 valence electrons. The minimum Gasteiger partial charge on any atom is -0.484 e. The Labute approximate surface area is 194 Å². The van der Waals surface area contributed by atoms with E-state index in [0.29, 0.717) is 16.8 Å². The number of ether oxygens (including phenoxy) is 1. The van der Waals surface area contributed by atoms with Crippen LogP contribution in [0.2, 0.25) is 5.02 Å². The Morgan fingerprint density at radius 2 is 1.94 bits per heavy atom. The van der Waals surface area contributed by atoms with Crippen LogP contribution >= 0.6 is 23.4 Å². The van der Waals surface area contributed by atoms with Crippen molar-refractivity contribution in [2.24, 2.45) is 0 Å². The lowest BCUT2D eigenvalue weighted by Gasteiger charge is -2.24. The number of thioether (sulfide) groups is 1. The Morgan fingerprint density at radius 1 is 1.23 bits per heavy atom. The molecule has 1 fully saturated rings. The third-order valence-corrected chi connectivity index (χ3v) is 7.21. The maximum atomic E-state index is 12.8. The van der Waals surface area contributed by atoms with Crippen molar-refractivity contribution in [1.29, 1.82) is 0 Å². The van der Waals surface area contributed by atoms with Crippen LogP contribution < -0.4 is 10.1 Å². The highest BCUT2D eigenvalue weighted by Crippen LogP contribution is 2.30. The molecule has 0 radical (unpaired) electrons. The van der Waals surface area contributed by atoms with E-state index in [9.17, 15) is 4.79 Å². The van der Waals surface area contributed by atoms with Gasteiger partial charge in [-0.05, 0) is 44.7 Å². The Morgan fingerprint density at radius 3 is 2.61 bits per heavy atom. The summed E-state index contributed by atoms with van der Waals surface area (Å²) in [6.45, 7) is 6.52. The van der Waals surface area contributed by atoms with E-state index in [1.165, 1.54) is 31.0 Å². The second kappa shape index (κ2) is 11.8. The summed E-state index contributed by atoms with van der Waals surface area (Å²) in [6.07, 6.45) is 7.73. The van der Waals surface area contributed by atoms with E-state index >= 15 is 0 Å². The topological polar surface area (TPSA) is 69.0 Å². The summed E-state index contributed by atoms with van der Waals surface area (Å²) in [7, 11) is 0. The quantitative estimate of drug-likeness (QED) is 0.450. The third kappa shape index (κ3) is 6.39. The van der Waals surface area contributed by atoms with Gasteiger partial charge in [-0.15, -0.1) is 10.2 Å². The summed E-state index contributed by atoms with van der Waals surface area (Å²) in [5.41, 5.74) is 0. The first-order valence-electron chi connectivity index (χ1n) is 11.3. The molecular weight excluding hydrogens is 432 g/mol. The van der Waals surface area contributed by atoms with Crippen molar-refractivity contribution in [1.82, 2.24) is 20.1 Å². The highest BCUT2D eigenvalue weighted by atomic mass is 35.5. The van der Waals surface area contributed by atoms with Crippen LogP contribution in [0.5, 0.6) is 5.75 Å². The molecule has 1 aromatic carbocycles. The molecule has 0 bridgehead atoms. The summed E-state index contributed by atoms with van der Waals surface area (Å²) in [4.78, 5) is 12.8. The second-order valence-corrected chi connectivity index (χ2v) is 9.78. The number of nitrogens with zero attached hydrogens (tertiary/aromatic N) is 3. The predicted molar refractivity (Wildman–Crippen MR) is 126 cm³/mol. The maximum Gasteiger partial charge on any atom is 0.233 e. The smallest absolute Gasteiger partial charge is 0.233 e. The van der Waals surface area contributed by atoms with Crippen molar-refractivity contribution in [3.8, 4) is 5.75 Å². The highest BCUT2D eigenvalue weighted by molar-refractivity contribution is 8.00. The number of carbonyl (C=O) groups excluding carboxylic acids is 1. The molecule has 0 saturated heterocycles. The van der Waals surface area contributed by atoms with E-state index in [1.54, 1.807) is 6.07 Å². The zero-order valence-electron chi connectivity index (χ0n) is 18.6. The van der Waals surface area contributed by atoms with Gasteiger partial charge in [0.2, 0.25) is 5.91 Å². The monoisotopic (exact) mass is 464 g/mol. The molecule has 31 heavy (non-hydrogen) atoms. The number of amides is 1. The Hall–Kier alpha value is -1.73. The minimum absolute atomic E-state index is 0.0739. The first kappa shape index (κ1) is 23.9.